The highest BCUT2D eigenvalue weighted by atomic mass is 32.1. The maximum atomic E-state index is 12.3. The quantitative estimate of drug-likeness (QED) is 0.806. The van der Waals surface area contributed by atoms with Gasteiger partial charge in [0.1, 0.15) is 5.00 Å². The van der Waals surface area contributed by atoms with Crippen LogP contribution < -0.4 is 5.32 Å². The summed E-state index contributed by atoms with van der Waals surface area (Å²) in [6.45, 7) is 2.05. The molecular weight excluding hydrogens is 318 g/mol. The second-order valence-electron chi connectivity index (χ2n) is 5.26. The zero-order valence-corrected chi connectivity index (χ0v) is 14.2. The van der Waals surface area contributed by atoms with Crippen LogP contribution in [0, 0.1) is 0 Å². The summed E-state index contributed by atoms with van der Waals surface area (Å²) in [7, 11) is 1.28. The van der Waals surface area contributed by atoms with Gasteiger partial charge >= 0.3 is 11.9 Å². The minimum Gasteiger partial charge on any atom is -0.469 e. The Balaban J connectivity index is 2.17. The van der Waals surface area contributed by atoms with Crippen molar-refractivity contribution >= 4 is 34.2 Å². The number of fused-ring (bicyclic) bond motifs is 1. The number of hydrogen-bond donors (Lipinski definition) is 1. The fraction of sp³-hybridized carbons (Fsp3) is 0.562. The molecule has 1 aromatic rings. The summed E-state index contributed by atoms with van der Waals surface area (Å²) in [5, 5.41) is 3.29. The largest absolute Gasteiger partial charge is 0.469 e. The first kappa shape index (κ1) is 17.5. The first-order valence-electron chi connectivity index (χ1n) is 7.75. The normalized spacial score (nSPS) is 13.1. The monoisotopic (exact) mass is 339 g/mol. The molecule has 1 aliphatic rings. The molecule has 126 valence electrons. The van der Waals surface area contributed by atoms with Crippen molar-refractivity contribution in [2.24, 2.45) is 0 Å². The standard InChI is InChI=1S/C16H21NO5S/c1-3-22-16(20)14-10-6-4-5-7-11(10)23-15(14)17-12(18)8-9-13(19)21-2/h3-9H2,1-2H3,(H,17,18). The van der Waals surface area contributed by atoms with Crippen molar-refractivity contribution in [3.8, 4) is 0 Å². The van der Waals surface area contributed by atoms with Gasteiger partial charge in [-0.15, -0.1) is 11.3 Å². The number of anilines is 1. The Hall–Kier alpha value is -1.89. The molecule has 1 aliphatic carbocycles. The second kappa shape index (κ2) is 8.10. The van der Waals surface area contributed by atoms with Crippen LogP contribution in [0.15, 0.2) is 0 Å². The Morgan fingerprint density at radius 1 is 1.17 bits per heavy atom. The molecule has 6 nitrogen and oxygen atoms in total. The molecular formula is C16H21NO5S. The van der Waals surface area contributed by atoms with E-state index in [1.54, 1.807) is 6.92 Å². The van der Waals surface area contributed by atoms with E-state index in [-0.39, 0.29) is 18.7 Å². The predicted molar refractivity (Wildman–Crippen MR) is 86.8 cm³/mol. The molecule has 1 N–H and O–H groups in total. The fourth-order valence-corrected chi connectivity index (χ4v) is 3.87. The van der Waals surface area contributed by atoms with Crippen LogP contribution in [0.4, 0.5) is 5.00 Å². The molecule has 0 fully saturated rings. The molecule has 0 bridgehead atoms. The molecule has 0 aromatic carbocycles. The molecule has 0 atom stereocenters. The molecule has 1 heterocycles. The first-order chi connectivity index (χ1) is 11.1. The number of carbonyl (C=O) groups excluding carboxylic acids is 3. The molecule has 0 spiro atoms. The van der Waals surface area contributed by atoms with Crippen molar-refractivity contribution in [3.05, 3.63) is 16.0 Å². The Bertz CT molecular complexity index is 608. The zero-order valence-electron chi connectivity index (χ0n) is 13.4. The average molecular weight is 339 g/mol. The molecule has 1 aromatic heterocycles. The van der Waals surface area contributed by atoms with Gasteiger partial charge in [-0.2, -0.15) is 0 Å². The van der Waals surface area contributed by atoms with Crippen molar-refractivity contribution in [1.82, 2.24) is 0 Å². The number of rotatable bonds is 6. The molecule has 7 heteroatoms. The van der Waals surface area contributed by atoms with Crippen molar-refractivity contribution in [2.75, 3.05) is 19.0 Å². The van der Waals surface area contributed by atoms with Crippen LogP contribution in [-0.4, -0.2) is 31.6 Å². The van der Waals surface area contributed by atoms with Crippen LogP contribution in [-0.2, 0) is 31.9 Å². The Labute approximate surface area is 139 Å². The lowest BCUT2D eigenvalue weighted by atomic mass is 9.95. The average Bonchev–Trinajstić information content (AvgIpc) is 2.90. The van der Waals surface area contributed by atoms with Gasteiger partial charge in [0.15, 0.2) is 0 Å². The highest BCUT2D eigenvalue weighted by Crippen LogP contribution is 2.38. The van der Waals surface area contributed by atoms with Crippen molar-refractivity contribution in [1.29, 1.82) is 0 Å². The number of carbonyl (C=O) groups is 3. The lowest BCUT2D eigenvalue weighted by Crippen LogP contribution is -2.16. The van der Waals surface area contributed by atoms with Gasteiger partial charge in [0, 0.05) is 11.3 Å². The number of hydrogen-bond acceptors (Lipinski definition) is 6. The van der Waals surface area contributed by atoms with Crippen LogP contribution in [0.1, 0.15) is 53.4 Å². The number of ether oxygens (including phenoxy) is 2. The second-order valence-corrected chi connectivity index (χ2v) is 6.36. The van der Waals surface area contributed by atoms with Crippen LogP contribution in [0.3, 0.4) is 0 Å². The van der Waals surface area contributed by atoms with Gasteiger partial charge < -0.3 is 14.8 Å². The summed E-state index contributed by atoms with van der Waals surface area (Å²) in [5.74, 6) is -1.13. The van der Waals surface area contributed by atoms with Gasteiger partial charge in [-0.05, 0) is 38.2 Å². The van der Waals surface area contributed by atoms with Gasteiger partial charge in [-0.25, -0.2) is 4.79 Å². The summed E-state index contributed by atoms with van der Waals surface area (Å²) >= 11 is 1.44. The lowest BCUT2D eigenvalue weighted by molar-refractivity contribution is -0.141. The zero-order chi connectivity index (χ0) is 16.8. The van der Waals surface area contributed by atoms with E-state index < -0.39 is 11.9 Å². The Morgan fingerprint density at radius 3 is 2.61 bits per heavy atom. The van der Waals surface area contributed by atoms with E-state index in [1.807, 2.05) is 0 Å². The lowest BCUT2D eigenvalue weighted by Gasteiger charge is -2.12. The molecule has 0 saturated carbocycles. The third-order valence-corrected chi connectivity index (χ3v) is 4.89. The maximum Gasteiger partial charge on any atom is 0.341 e. The van der Waals surface area contributed by atoms with E-state index in [0.717, 1.165) is 36.1 Å². The molecule has 0 unspecified atom stereocenters. The van der Waals surface area contributed by atoms with Crippen LogP contribution >= 0.6 is 11.3 Å². The first-order valence-corrected chi connectivity index (χ1v) is 8.56. The minimum absolute atomic E-state index is 0.0160. The highest BCUT2D eigenvalue weighted by molar-refractivity contribution is 7.17. The third kappa shape index (κ3) is 4.31. The van der Waals surface area contributed by atoms with E-state index in [0.29, 0.717) is 17.2 Å². The Morgan fingerprint density at radius 2 is 1.91 bits per heavy atom. The number of amides is 1. The predicted octanol–water partition coefficient (Wildman–Crippen LogP) is 2.70. The van der Waals surface area contributed by atoms with Gasteiger partial charge in [0.25, 0.3) is 0 Å². The SMILES string of the molecule is CCOC(=O)c1c(NC(=O)CCC(=O)OC)sc2c1CCCC2. The van der Waals surface area contributed by atoms with E-state index in [9.17, 15) is 14.4 Å². The summed E-state index contributed by atoms with van der Waals surface area (Å²) in [4.78, 5) is 36.5. The number of aryl methyl sites for hydroxylation is 1. The highest BCUT2D eigenvalue weighted by Gasteiger charge is 2.27. The number of nitrogens with one attached hydrogen (secondary N) is 1. The summed E-state index contributed by atoms with van der Waals surface area (Å²) < 4.78 is 9.65. The summed E-state index contributed by atoms with van der Waals surface area (Å²) in [6.07, 6.45) is 3.92. The smallest absolute Gasteiger partial charge is 0.341 e. The van der Waals surface area contributed by atoms with E-state index >= 15 is 0 Å². The number of thiophene rings is 1. The van der Waals surface area contributed by atoms with Crippen molar-refractivity contribution in [3.63, 3.8) is 0 Å². The van der Waals surface area contributed by atoms with Crippen molar-refractivity contribution in [2.45, 2.75) is 45.4 Å². The Kier molecular flexibility index (Phi) is 6.15. The van der Waals surface area contributed by atoms with Crippen LogP contribution in [0.2, 0.25) is 0 Å². The van der Waals surface area contributed by atoms with Gasteiger partial charge in [-0.1, -0.05) is 0 Å². The summed E-state index contributed by atoms with van der Waals surface area (Å²) in [5.41, 5.74) is 1.49. The molecule has 0 radical (unpaired) electrons. The number of methoxy groups -OCH3 is 1. The van der Waals surface area contributed by atoms with Gasteiger partial charge in [0.05, 0.1) is 25.7 Å². The molecule has 1 amide bonds. The number of esters is 2. The van der Waals surface area contributed by atoms with Gasteiger partial charge in [0.2, 0.25) is 5.91 Å². The van der Waals surface area contributed by atoms with Crippen LogP contribution in [0.5, 0.6) is 0 Å². The molecule has 23 heavy (non-hydrogen) atoms. The van der Waals surface area contributed by atoms with E-state index in [2.05, 4.69) is 10.1 Å². The van der Waals surface area contributed by atoms with Crippen LogP contribution in [0.25, 0.3) is 0 Å². The van der Waals surface area contributed by atoms with E-state index in [4.69, 9.17) is 4.74 Å². The van der Waals surface area contributed by atoms with E-state index in [1.165, 1.54) is 18.4 Å². The van der Waals surface area contributed by atoms with Crippen molar-refractivity contribution < 1.29 is 23.9 Å². The van der Waals surface area contributed by atoms with Gasteiger partial charge in [-0.3, -0.25) is 9.59 Å². The molecule has 0 saturated heterocycles. The molecule has 0 aliphatic heterocycles. The topological polar surface area (TPSA) is 81.7 Å². The fourth-order valence-electron chi connectivity index (χ4n) is 2.58. The minimum atomic E-state index is -0.434. The third-order valence-electron chi connectivity index (χ3n) is 3.69. The maximum absolute atomic E-state index is 12.3. The molecule has 2 rings (SSSR count). The summed E-state index contributed by atoms with van der Waals surface area (Å²) in [6, 6.07) is 0.